The summed E-state index contributed by atoms with van der Waals surface area (Å²) in [7, 11) is 0. The molecule has 2 aromatic carbocycles. The quantitative estimate of drug-likeness (QED) is 0.751. The molecule has 3 rings (SSSR count). The van der Waals surface area contributed by atoms with E-state index in [0.29, 0.717) is 21.2 Å². The van der Waals surface area contributed by atoms with Gasteiger partial charge in [-0.15, -0.1) is 0 Å². The lowest BCUT2D eigenvalue weighted by Crippen LogP contribution is -2.28. The van der Waals surface area contributed by atoms with Gasteiger partial charge in [0.15, 0.2) is 4.32 Å². The van der Waals surface area contributed by atoms with Crippen LogP contribution >= 0.6 is 39.1 Å². The number of aliphatic carboxylic acids is 1. The summed E-state index contributed by atoms with van der Waals surface area (Å²) in [6.45, 7) is 0. The van der Waals surface area contributed by atoms with E-state index >= 15 is 0 Å². The van der Waals surface area contributed by atoms with Crippen LogP contribution in [0.4, 0.5) is 0 Å². The van der Waals surface area contributed by atoms with Crippen LogP contribution < -0.4 is 0 Å². The Bertz CT molecular complexity index is 661. The second-order valence-electron chi connectivity index (χ2n) is 4.34. The highest BCUT2D eigenvalue weighted by Gasteiger charge is 2.47. The first-order chi connectivity index (χ1) is 8.94. The molecule has 96 valence electrons. The largest absolute Gasteiger partial charge is 0.480 e. The summed E-state index contributed by atoms with van der Waals surface area (Å²) in [4.78, 5) is 11.7. The summed E-state index contributed by atoms with van der Waals surface area (Å²) in [6, 6.07) is 10.5. The Hall–Kier alpha value is -1.03. The topological polar surface area (TPSA) is 37.3 Å². The smallest absolute Gasteiger partial charge is 0.329 e. The fourth-order valence-corrected chi connectivity index (χ4v) is 3.45. The third-order valence-electron chi connectivity index (χ3n) is 3.29. The number of rotatable bonds is 1. The summed E-state index contributed by atoms with van der Waals surface area (Å²) >= 11 is 15.3. The molecule has 2 aromatic rings. The lowest BCUT2D eigenvalue weighted by molar-refractivity contribution is -0.138. The van der Waals surface area contributed by atoms with Gasteiger partial charge in [0, 0.05) is 10.0 Å². The molecule has 0 saturated heterocycles. The van der Waals surface area contributed by atoms with Crippen LogP contribution in [-0.4, -0.2) is 11.1 Å². The molecule has 0 unspecified atom stereocenters. The van der Waals surface area contributed by atoms with Crippen molar-refractivity contribution < 1.29 is 9.90 Å². The van der Waals surface area contributed by atoms with Gasteiger partial charge in [-0.1, -0.05) is 51.3 Å². The van der Waals surface area contributed by atoms with E-state index in [1.165, 1.54) is 0 Å². The van der Waals surface area contributed by atoms with E-state index in [0.717, 1.165) is 11.1 Å². The first-order valence-electron chi connectivity index (χ1n) is 5.47. The van der Waals surface area contributed by atoms with Crippen molar-refractivity contribution in [3.8, 4) is 11.1 Å². The van der Waals surface area contributed by atoms with Gasteiger partial charge >= 0.3 is 5.97 Å². The van der Waals surface area contributed by atoms with Gasteiger partial charge < -0.3 is 5.11 Å². The molecule has 0 heterocycles. The minimum absolute atomic E-state index is 0.503. The van der Waals surface area contributed by atoms with E-state index in [4.69, 9.17) is 23.2 Å². The zero-order chi connectivity index (χ0) is 13.8. The zero-order valence-electron chi connectivity index (χ0n) is 9.45. The van der Waals surface area contributed by atoms with Crippen molar-refractivity contribution >= 4 is 45.1 Å². The number of alkyl halides is 1. The van der Waals surface area contributed by atoms with Crippen LogP contribution in [0.5, 0.6) is 0 Å². The molecule has 1 aliphatic carbocycles. The second kappa shape index (κ2) is 4.23. The molecule has 19 heavy (non-hydrogen) atoms. The molecule has 1 N–H and O–H groups in total. The molecular formula is C14H7BrCl2O2. The number of halogens is 3. The van der Waals surface area contributed by atoms with Crippen molar-refractivity contribution in [1.82, 2.24) is 0 Å². The summed E-state index contributed by atoms with van der Waals surface area (Å²) in [6.07, 6.45) is 0. The van der Waals surface area contributed by atoms with Gasteiger partial charge in [-0.25, -0.2) is 4.79 Å². The highest BCUT2D eigenvalue weighted by atomic mass is 79.9. The van der Waals surface area contributed by atoms with Crippen LogP contribution in [0.1, 0.15) is 11.1 Å². The number of fused-ring (bicyclic) bond motifs is 3. The average molecular weight is 358 g/mol. The van der Waals surface area contributed by atoms with Gasteiger partial charge in [0.25, 0.3) is 0 Å². The van der Waals surface area contributed by atoms with Gasteiger partial charge in [-0.3, -0.25) is 0 Å². The molecule has 0 atom stereocenters. The first-order valence-corrected chi connectivity index (χ1v) is 7.02. The standard InChI is InChI=1S/C14H7BrCl2O2/c15-14(13(18)19)11-5-7(16)1-3-9(11)10-4-2-8(17)6-12(10)14/h1-6H,(H,18,19). The van der Waals surface area contributed by atoms with Crippen LogP contribution in [0.2, 0.25) is 10.0 Å². The van der Waals surface area contributed by atoms with Crippen LogP contribution in [-0.2, 0) is 9.12 Å². The third kappa shape index (κ3) is 1.72. The number of carboxylic acid groups (broad SMARTS) is 1. The van der Waals surface area contributed by atoms with Crippen LogP contribution in [0.15, 0.2) is 36.4 Å². The van der Waals surface area contributed by atoms with Crippen molar-refractivity contribution in [3.05, 3.63) is 57.6 Å². The average Bonchev–Trinajstić information content (AvgIpc) is 2.60. The molecule has 0 spiro atoms. The molecule has 5 heteroatoms. The third-order valence-corrected chi connectivity index (χ3v) is 4.95. The monoisotopic (exact) mass is 356 g/mol. The maximum absolute atomic E-state index is 11.7. The Morgan fingerprint density at radius 2 is 1.42 bits per heavy atom. The minimum Gasteiger partial charge on any atom is -0.480 e. The first kappa shape index (κ1) is 13.0. The number of benzene rings is 2. The van der Waals surface area contributed by atoms with E-state index in [2.05, 4.69) is 15.9 Å². The Kier molecular flexibility index (Phi) is 2.89. The van der Waals surface area contributed by atoms with Gasteiger partial charge in [-0.05, 0) is 46.5 Å². The van der Waals surface area contributed by atoms with Gasteiger partial charge in [-0.2, -0.15) is 0 Å². The minimum atomic E-state index is -1.30. The van der Waals surface area contributed by atoms with Crippen molar-refractivity contribution in [2.75, 3.05) is 0 Å². The van der Waals surface area contributed by atoms with Gasteiger partial charge in [0.05, 0.1) is 0 Å². The predicted molar refractivity (Wildman–Crippen MR) is 79.2 cm³/mol. The molecule has 0 amide bonds. The number of hydrogen-bond donors (Lipinski definition) is 1. The van der Waals surface area contributed by atoms with Crippen LogP contribution in [0.25, 0.3) is 11.1 Å². The molecule has 0 bridgehead atoms. The normalized spacial score (nSPS) is 14.9. The Labute approximate surface area is 128 Å². The summed E-state index contributed by atoms with van der Waals surface area (Å²) in [5.41, 5.74) is 2.97. The van der Waals surface area contributed by atoms with Crippen LogP contribution in [0, 0.1) is 0 Å². The SMILES string of the molecule is O=C(O)C1(Br)c2cc(Cl)ccc2-c2ccc(Cl)cc21. The fourth-order valence-electron chi connectivity index (χ4n) is 2.45. The lowest BCUT2D eigenvalue weighted by Gasteiger charge is -2.19. The maximum Gasteiger partial charge on any atom is 0.329 e. The molecule has 0 fully saturated rings. The van der Waals surface area contributed by atoms with Crippen molar-refractivity contribution in [1.29, 1.82) is 0 Å². The molecule has 0 saturated carbocycles. The Morgan fingerprint density at radius 1 is 1.00 bits per heavy atom. The summed E-state index contributed by atoms with van der Waals surface area (Å²) in [5, 5.41) is 10.6. The number of carbonyl (C=O) groups is 1. The molecule has 0 aliphatic heterocycles. The van der Waals surface area contributed by atoms with Crippen molar-refractivity contribution in [2.45, 2.75) is 4.32 Å². The lowest BCUT2D eigenvalue weighted by atomic mass is 9.97. The van der Waals surface area contributed by atoms with Crippen molar-refractivity contribution in [3.63, 3.8) is 0 Å². The highest BCUT2D eigenvalue weighted by Crippen LogP contribution is 2.53. The molecular weight excluding hydrogens is 351 g/mol. The van der Waals surface area contributed by atoms with Crippen molar-refractivity contribution in [2.24, 2.45) is 0 Å². The number of hydrogen-bond acceptors (Lipinski definition) is 1. The maximum atomic E-state index is 11.7. The molecule has 1 aliphatic rings. The predicted octanol–water partition coefficient (Wildman–Crippen LogP) is 4.70. The fraction of sp³-hybridized carbons (Fsp3) is 0.0714. The molecule has 2 nitrogen and oxygen atoms in total. The molecule has 0 radical (unpaired) electrons. The van der Waals surface area contributed by atoms with E-state index in [9.17, 15) is 9.90 Å². The zero-order valence-corrected chi connectivity index (χ0v) is 12.6. The van der Waals surface area contributed by atoms with Crippen LogP contribution in [0.3, 0.4) is 0 Å². The van der Waals surface area contributed by atoms with Gasteiger partial charge in [0.1, 0.15) is 0 Å². The number of carboxylic acids is 1. The van der Waals surface area contributed by atoms with E-state index in [-0.39, 0.29) is 0 Å². The summed E-state index contributed by atoms with van der Waals surface area (Å²) < 4.78 is -1.30. The Morgan fingerprint density at radius 3 is 1.79 bits per heavy atom. The molecule has 0 aromatic heterocycles. The van der Waals surface area contributed by atoms with E-state index in [1.807, 2.05) is 12.1 Å². The van der Waals surface area contributed by atoms with E-state index in [1.54, 1.807) is 24.3 Å². The second-order valence-corrected chi connectivity index (χ2v) is 6.41. The Balaban J connectivity index is 2.42. The summed E-state index contributed by atoms with van der Waals surface area (Å²) in [5.74, 6) is -0.989. The van der Waals surface area contributed by atoms with Gasteiger partial charge in [0.2, 0.25) is 0 Å². The highest BCUT2D eigenvalue weighted by molar-refractivity contribution is 9.10. The van der Waals surface area contributed by atoms with E-state index < -0.39 is 10.3 Å².